The minimum atomic E-state index is -4.59. The van der Waals surface area contributed by atoms with Crippen molar-refractivity contribution in [3.63, 3.8) is 0 Å². The van der Waals surface area contributed by atoms with Crippen molar-refractivity contribution in [2.45, 2.75) is 212 Å². The van der Waals surface area contributed by atoms with Crippen LogP contribution in [0.2, 0.25) is 0 Å². The number of phosphoric acid groups is 1. The summed E-state index contributed by atoms with van der Waals surface area (Å²) in [5.41, 5.74) is 0. The highest BCUT2D eigenvalue weighted by Gasteiger charge is 2.23. The predicted octanol–water partition coefficient (Wildman–Crippen LogP) is 12.1. The topological polar surface area (TPSA) is 108 Å². The van der Waals surface area contributed by atoms with Crippen molar-refractivity contribution in [1.29, 1.82) is 0 Å². The molecule has 0 radical (unpaired) electrons. The summed E-state index contributed by atoms with van der Waals surface area (Å²) in [6, 6.07) is -0.905. The molecule has 0 aliphatic carbocycles. The van der Waals surface area contributed by atoms with E-state index in [0.29, 0.717) is 17.4 Å². The number of aliphatic hydroxyl groups excluding tert-OH is 1. The van der Waals surface area contributed by atoms with Gasteiger partial charge in [-0.25, -0.2) is 0 Å². The van der Waals surface area contributed by atoms with Crippen LogP contribution in [0.3, 0.4) is 0 Å². The maximum atomic E-state index is 12.8. The highest BCUT2D eigenvalue weighted by molar-refractivity contribution is 7.45. The summed E-state index contributed by atoms with van der Waals surface area (Å²) in [7, 11) is 1.24. The first-order chi connectivity index (χ1) is 26.5. The Labute approximate surface area is 340 Å². The van der Waals surface area contributed by atoms with Gasteiger partial charge in [-0.15, -0.1) is 0 Å². The quantitative estimate of drug-likeness (QED) is 0.0276. The molecular formula is C46H89N2O6P. The lowest BCUT2D eigenvalue weighted by Crippen LogP contribution is -2.45. The zero-order chi connectivity index (χ0) is 40.7. The average molecular weight is 797 g/mol. The fraction of sp³-hybridized carbons (Fsp3) is 0.848. The fourth-order valence-electron chi connectivity index (χ4n) is 6.42. The van der Waals surface area contributed by atoms with Crippen molar-refractivity contribution < 1.29 is 32.9 Å². The molecule has 2 N–H and O–H groups in total. The van der Waals surface area contributed by atoms with Gasteiger partial charge >= 0.3 is 0 Å². The Balaban J connectivity index is 4.45. The SMILES string of the molecule is CCCCCCCCCCCCC/C=C/CC/C=C/CC/C=C/C(O)C(COP(=O)([O-])OCC[N+](C)(C)C)NC(=O)CCCCCCCCCCCCCC. The molecule has 0 aliphatic rings. The van der Waals surface area contributed by atoms with Gasteiger partial charge in [0.25, 0.3) is 7.82 Å². The van der Waals surface area contributed by atoms with Crippen molar-refractivity contribution >= 4 is 13.7 Å². The number of hydrogen-bond donors (Lipinski definition) is 2. The molecule has 0 aromatic heterocycles. The Kier molecular flexibility index (Phi) is 37.4. The van der Waals surface area contributed by atoms with Gasteiger partial charge in [0.05, 0.1) is 39.9 Å². The molecular weight excluding hydrogens is 707 g/mol. The summed E-state index contributed by atoms with van der Waals surface area (Å²) in [6.07, 6.45) is 46.3. The van der Waals surface area contributed by atoms with E-state index in [1.807, 2.05) is 27.2 Å². The monoisotopic (exact) mass is 797 g/mol. The number of phosphoric ester groups is 1. The lowest BCUT2D eigenvalue weighted by atomic mass is 10.0. The van der Waals surface area contributed by atoms with Crippen LogP contribution in [0.25, 0.3) is 0 Å². The highest BCUT2D eigenvalue weighted by atomic mass is 31.2. The third-order valence-electron chi connectivity index (χ3n) is 10.1. The molecule has 0 bridgehead atoms. The van der Waals surface area contributed by atoms with E-state index in [-0.39, 0.29) is 12.5 Å². The summed E-state index contributed by atoms with van der Waals surface area (Å²) in [4.78, 5) is 25.2. The molecule has 55 heavy (non-hydrogen) atoms. The minimum absolute atomic E-state index is 0.00797. The second kappa shape index (κ2) is 38.2. The molecule has 0 saturated heterocycles. The van der Waals surface area contributed by atoms with Gasteiger partial charge in [-0.1, -0.05) is 185 Å². The highest BCUT2D eigenvalue weighted by Crippen LogP contribution is 2.38. The van der Waals surface area contributed by atoms with Crippen molar-refractivity contribution in [3.05, 3.63) is 36.5 Å². The van der Waals surface area contributed by atoms with E-state index in [1.54, 1.807) is 6.08 Å². The lowest BCUT2D eigenvalue weighted by molar-refractivity contribution is -0.870. The van der Waals surface area contributed by atoms with Crippen molar-refractivity contribution in [1.82, 2.24) is 5.32 Å². The number of unbranched alkanes of at least 4 members (excludes halogenated alkanes) is 24. The number of likely N-dealkylation sites (N-methyl/N-ethyl adjacent to an activating group) is 1. The zero-order valence-corrected chi connectivity index (χ0v) is 37.5. The molecule has 0 aromatic rings. The summed E-state index contributed by atoms with van der Waals surface area (Å²) >= 11 is 0. The van der Waals surface area contributed by atoms with E-state index in [2.05, 4.69) is 43.5 Å². The molecule has 8 nitrogen and oxygen atoms in total. The molecule has 324 valence electrons. The van der Waals surface area contributed by atoms with Gasteiger partial charge in [0.15, 0.2) is 0 Å². The Morgan fingerprint density at radius 2 is 1.02 bits per heavy atom. The molecule has 3 unspecified atom stereocenters. The molecule has 0 spiro atoms. The first kappa shape index (κ1) is 53.7. The molecule has 0 heterocycles. The third-order valence-corrected chi connectivity index (χ3v) is 11.0. The van der Waals surface area contributed by atoms with Crippen LogP contribution in [0.1, 0.15) is 200 Å². The number of nitrogens with zero attached hydrogens (tertiary/aromatic N) is 1. The van der Waals surface area contributed by atoms with E-state index in [4.69, 9.17) is 9.05 Å². The first-order valence-electron chi connectivity index (χ1n) is 22.9. The molecule has 9 heteroatoms. The van der Waals surface area contributed by atoms with Crippen LogP contribution >= 0.6 is 7.82 Å². The Morgan fingerprint density at radius 1 is 0.618 bits per heavy atom. The fourth-order valence-corrected chi connectivity index (χ4v) is 7.14. The first-order valence-corrected chi connectivity index (χ1v) is 24.3. The smallest absolute Gasteiger partial charge is 0.268 e. The predicted molar refractivity (Wildman–Crippen MR) is 233 cm³/mol. The number of carbonyl (C=O) groups excluding carboxylic acids is 1. The second-order valence-electron chi connectivity index (χ2n) is 16.7. The Hall–Kier alpha value is -1.28. The van der Waals surface area contributed by atoms with Crippen LogP contribution in [0, 0.1) is 0 Å². The lowest BCUT2D eigenvalue weighted by Gasteiger charge is -2.29. The van der Waals surface area contributed by atoms with E-state index in [9.17, 15) is 19.4 Å². The van der Waals surface area contributed by atoms with Crippen molar-refractivity contribution in [3.8, 4) is 0 Å². The van der Waals surface area contributed by atoms with E-state index in [1.165, 1.54) is 135 Å². The number of hydrogen-bond acceptors (Lipinski definition) is 6. The third kappa shape index (κ3) is 40.7. The van der Waals surface area contributed by atoms with Gasteiger partial charge in [0, 0.05) is 6.42 Å². The van der Waals surface area contributed by atoms with Gasteiger partial charge in [0.2, 0.25) is 5.91 Å². The summed E-state index contributed by atoms with van der Waals surface area (Å²) in [5, 5.41) is 13.7. The molecule has 1 amide bonds. The summed E-state index contributed by atoms with van der Waals surface area (Å²) in [5.74, 6) is -0.212. The average Bonchev–Trinajstić information content (AvgIpc) is 3.13. The van der Waals surface area contributed by atoms with Gasteiger partial charge in [-0.3, -0.25) is 9.36 Å². The van der Waals surface area contributed by atoms with Crippen LogP contribution in [0.15, 0.2) is 36.5 Å². The van der Waals surface area contributed by atoms with Crippen molar-refractivity contribution in [2.75, 3.05) is 40.9 Å². The number of rotatable bonds is 41. The van der Waals surface area contributed by atoms with Crippen LogP contribution in [-0.2, 0) is 18.4 Å². The number of amides is 1. The molecule has 0 fully saturated rings. The maximum Gasteiger partial charge on any atom is 0.268 e. The molecule has 0 rings (SSSR count). The minimum Gasteiger partial charge on any atom is -0.756 e. The van der Waals surface area contributed by atoms with E-state index in [0.717, 1.165) is 44.9 Å². The molecule has 3 atom stereocenters. The Bertz CT molecular complexity index is 995. The summed E-state index contributed by atoms with van der Waals surface area (Å²) in [6.45, 7) is 4.61. The number of quaternary nitrogens is 1. The van der Waals surface area contributed by atoms with Crippen LogP contribution in [0.4, 0.5) is 0 Å². The Morgan fingerprint density at radius 3 is 1.47 bits per heavy atom. The van der Waals surface area contributed by atoms with E-state index >= 15 is 0 Å². The number of nitrogens with one attached hydrogen (secondary N) is 1. The van der Waals surface area contributed by atoms with Crippen LogP contribution in [-0.4, -0.2) is 68.5 Å². The molecule has 0 aliphatic heterocycles. The molecule has 0 saturated carbocycles. The summed E-state index contributed by atoms with van der Waals surface area (Å²) < 4.78 is 23.2. The van der Waals surface area contributed by atoms with Gasteiger partial charge in [0.1, 0.15) is 13.2 Å². The number of carbonyl (C=O) groups is 1. The largest absolute Gasteiger partial charge is 0.756 e. The van der Waals surface area contributed by atoms with Gasteiger partial charge in [-0.05, 0) is 44.9 Å². The van der Waals surface area contributed by atoms with Gasteiger partial charge in [-0.2, -0.15) is 0 Å². The second-order valence-corrected chi connectivity index (χ2v) is 18.2. The zero-order valence-electron chi connectivity index (χ0n) is 36.6. The van der Waals surface area contributed by atoms with Crippen LogP contribution in [0.5, 0.6) is 0 Å². The normalized spacial score (nSPS) is 14.7. The van der Waals surface area contributed by atoms with E-state index < -0.39 is 26.6 Å². The van der Waals surface area contributed by atoms with Gasteiger partial charge < -0.3 is 28.8 Å². The van der Waals surface area contributed by atoms with Crippen LogP contribution < -0.4 is 10.2 Å². The number of aliphatic hydroxyl groups is 1. The number of allylic oxidation sites excluding steroid dienone is 5. The maximum absolute atomic E-state index is 12.8. The van der Waals surface area contributed by atoms with Crippen molar-refractivity contribution in [2.24, 2.45) is 0 Å². The standard InChI is InChI=1S/C46H89N2O6P/c1-6-8-10-12-14-16-18-20-21-22-23-24-25-26-27-28-29-31-33-35-37-39-45(49)44(43-54-55(51,52)53-42-41-48(3,4)5)47-46(50)40-38-36-34-32-30-19-17-15-13-11-9-7-2/h25-26,29,31,37,39,44-45,49H,6-24,27-28,30,32-36,38,40-43H2,1-5H3,(H-,47,50,51,52)/b26-25+,31-29+,39-37+. The molecule has 0 aromatic carbocycles.